The van der Waals surface area contributed by atoms with Crippen LogP contribution in [0.25, 0.3) is 10.4 Å². The molecule has 1 heterocycles. The van der Waals surface area contributed by atoms with Crippen LogP contribution in [0.4, 0.5) is 5.69 Å². The van der Waals surface area contributed by atoms with Crippen LogP contribution in [0, 0.1) is 0 Å². The Morgan fingerprint density at radius 2 is 2.00 bits per heavy atom. The van der Waals surface area contributed by atoms with Gasteiger partial charge in [-0.05, 0) is 46.9 Å². The molecule has 0 spiro atoms. The number of nitrogens with zero attached hydrogens (tertiary/aromatic N) is 2. The van der Waals surface area contributed by atoms with Crippen molar-refractivity contribution in [1.82, 2.24) is 9.59 Å². The summed E-state index contributed by atoms with van der Waals surface area (Å²) in [6, 6.07) is 14.9. The van der Waals surface area contributed by atoms with Crippen molar-refractivity contribution in [1.29, 1.82) is 0 Å². The molecule has 0 fully saturated rings. The predicted molar refractivity (Wildman–Crippen MR) is 89.1 cm³/mol. The Hall–Kier alpha value is -2.24. The lowest BCUT2D eigenvalue weighted by atomic mass is 10.1. The van der Waals surface area contributed by atoms with Gasteiger partial charge in [0.2, 0.25) is 5.91 Å². The van der Waals surface area contributed by atoms with Crippen molar-refractivity contribution in [3.63, 3.8) is 0 Å². The van der Waals surface area contributed by atoms with E-state index >= 15 is 0 Å². The Morgan fingerprint density at radius 3 is 2.68 bits per heavy atom. The van der Waals surface area contributed by atoms with E-state index < -0.39 is 0 Å². The van der Waals surface area contributed by atoms with Gasteiger partial charge >= 0.3 is 0 Å². The fourth-order valence-corrected chi connectivity index (χ4v) is 2.78. The van der Waals surface area contributed by atoms with Crippen LogP contribution in [0.2, 0.25) is 5.02 Å². The summed E-state index contributed by atoms with van der Waals surface area (Å²) in [7, 11) is 0. The molecule has 22 heavy (non-hydrogen) atoms. The van der Waals surface area contributed by atoms with Crippen molar-refractivity contribution < 1.29 is 4.79 Å². The molecule has 0 aliphatic carbocycles. The molecule has 0 aliphatic heterocycles. The van der Waals surface area contributed by atoms with E-state index in [1.54, 1.807) is 18.3 Å². The van der Waals surface area contributed by atoms with Gasteiger partial charge in [0.05, 0.1) is 17.5 Å². The number of carbonyl (C=O) groups excluding carboxylic acids is 1. The third kappa shape index (κ3) is 3.69. The molecule has 4 nitrogen and oxygen atoms in total. The molecule has 110 valence electrons. The van der Waals surface area contributed by atoms with E-state index in [2.05, 4.69) is 14.9 Å². The van der Waals surface area contributed by atoms with Gasteiger partial charge in [0.1, 0.15) is 0 Å². The van der Waals surface area contributed by atoms with Crippen LogP contribution >= 0.6 is 23.1 Å². The Balaban J connectivity index is 1.64. The van der Waals surface area contributed by atoms with E-state index in [9.17, 15) is 4.79 Å². The fraction of sp³-hybridized carbons (Fsp3) is 0.0625. The normalized spacial score (nSPS) is 10.4. The van der Waals surface area contributed by atoms with Crippen molar-refractivity contribution in [2.45, 2.75) is 6.42 Å². The lowest BCUT2D eigenvalue weighted by Gasteiger charge is -2.06. The summed E-state index contributed by atoms with van der Waals surface area (Å²) in [5.41, 5.74) is 2.67. The second-order valence-corrected chi connectivity index (χ2v) is 5.94. The zero-order valence-electron chi connectivity index (χ0n) is 11.5. The van der Waals surface area contributed by atoms with Crippen LogP contribution in [-0.4, -0.2) is 15.5 Å². The van der Waals surface area contributed by atoms with Crippen molar-refractivity contribution in [3.05, 3.63) is 65.3 Å². The minimum Gasteiger partial charge on any atom is -0.326 e. The Kier molecular flexibility index (Phi) is 4.46. The second-order valence-electron chi connectivity index (χ2n) is 4.71. The molecule has 0 bridgehead atoms. The highest BCUT2D eigenvalue weighted by atomic mass is 35.5. The lowest BCUT2D eigenvalue weighted by molar-refractivity contribution is -0.115. The SMILES string of the molecule is O=C(Cc1cccc(Cl)c1)Nc1ccc(-c2cnns2)cc1. The van der Waals surface area contributed by atoms with Crippen molar-refractivity contribution in [3.8, 4) is 10.4 Å². The molecule has 0 saturated carbocycles. The van der Waals surface area contributed by atoms with E-state index in [-0.39, 0.29) is 5.91 Å². The second kappa shape index (κ2) is 6.68. The maximum atomic E-state index is 12.0. The van der Waals surface area contributed by atoms with E-state index in [0.717, 1.165) is 21.7 Å². The van der Waals surface area contributed by atoms with Gasteiger partial charge in [0.15, 0.2) is 0 Å². The molecule has 0 aliphatic rings. The quantitative estimate of drug-likeness (QED) is 0.786. The molecular formula is C16H12ClN3OS. The van der Waals surface area contributed by atoms with E-state index in [4.69, 9.17) is 11.6 Å². The molecule has 0 saturated heterocycles. The number of aromatic nitrogens is 2. The minimum absolute atomic E-state index is 0.0746. The number of halogens is 1. The van der Waals surface area contributed by atoms with Crippen LogP contribution in [0.3, 0.4) is 0 Å². The van der Waals surface area contributed by atoms with E-state index in [0.29, 0.717) is 11.4 Å². The topological polar surface area (TPSA) is 54.9 Å². The molecule has 0 radical (unpaired) electrons. The number of carbonyl (C=O) groups is 1. The monoisotopic (exact) mass is 329 g/mol. The highest BCUT2D eigenvalue weighted by molar-refractivity contribution is 7.09. The fourth-order valence-electron chi connectivity index (χ4n) is 2.05. The molecule has 1 N–H and O–H groups in total. The van der Waals surface area contributed by atoms with Gasteiger partial charge < -0.3 is 5.32 Å². The highest BCUT2D eigenvalue weighted by Crippen LogP contribution is 2.23. The number of rotatable bonds is 4. The first kappa shape index (κ1) is 14.7. The van der Waals surface area contributed by atoms with Gasteiger partial charge in [0.25, 0.3) is 0 Å². The molecule has 3 aromatic rings. The van der Waals surface area contributed by atoms with Gasteiger partial charge in [-0.1, -0.05) is 40.4 Å². The maximum absolute atomic E-state index is 12.0. The summed E-state index contributed by atoms with van der Waals surface area (Å²) in [5, 5.41) is 7.32. The molecule has 0 atom stereocenters. The van der Waals surface area contributed by atoms with Gasteiger partial charge in [-0.3, -0.25) is 4.79 Å². The van der Waals surface area contributed by atoms with Crippen LogP contribution in [0.5, 0.6) is 0 Å². The van der Waals surface area contributed by atoms with Gasteiger partial charge in [-0.25, -0.2) is 0 Å². The third-order valence-corrected chi connectivity index (χ3v) is 4.02. The number of benzene rings is 2. The van der Waals surface area contributed by atoms with Crippen molar-refractivity contribution in [2.75, 3.05) is 5.32 Å². The van der Waals surface area contributed by atoms with Crippen LogP contribution < -0.4 is 5.32 Å². The lowest BCUT2D eigenvalue weighted by Crippen LogP contribution is -2.14. The minimum atomic E-state index is -0.0746. The number of anilines is 1. The number of hydrogen-bond donors (Lipinski definition) is 1. The van der Waals surface area contributed by atoms with Crippen LogP contribution in [0.15, 0.2) is 54.7 Å². The summed E-state index contributed by atoms with van der Waals surface area (Å²) < 4.78 is 3.83. The summed E-state index contributed by atoms with van der Waals surface area (Å²) in [4.78, 5) is 13.0. The Labute approximate surface area is 136 Å². The average Bonchev–Trinajstić information content (AvgIpc) is 3.02. The Morgan fingerprint density at radius 1 is 1.18 bits per heavy atom. The van der Waals surface area contributed by atoms with E-state index in [1.165, 1.54) is 11.5 Å². The molecule has 3 rings (SSSR count). The zero-order valence-corrected chi connectivity index (χ0v) is 13.1. The predicted octanol–water partition coefficient (Wildman–Crippen LogP) is 4.04. The number of hydrogen-bond acceptors (Lipinski definition) is 4. The first-order chi connectivity index (χ1) is 10.7. The molecule has 2 aromatic carbocycles. The Bertz CT molecular complexity index is 772. The third-order valence-electron chi connectivity index (χ3n) is 3.07. The van der Waals surface area contributed by atoms with Gasteiger partial charge in [0, 0.05) is 10.7 Å². The first-order valence-corrected chi connectivity index (χ1v) is 7.78. The van der Waals surface area contributed by atoms with Crippen LogP contribution in [0.1, 0.15) is 5.56 Å². The molecular weight excluding hydrogens is 318 g/mol. The smallest absolute Gasteiger partial charge is 0.228 e. The van der Waals surface area contributed by atoms with E-state index in [1.807, 2.05) is 36.4 Å². The number of nitrogens with one attached hydrogen (secondary N) is 1. The van der Waals surface area contributed by atoms with Crippen molar-refractivity contribution in [2.24, 2.45) is 0 Å². The largest absolute Gasteiger partial charge is 0.326 e. The molecule has 6 heteroatoms. The van der Waals surface area contributed by atoms with Crippen LogP contribution in [-0.2, 0) is 11.2 Å². The maximum Gasteiger partial charge on any atom is 0.228 e. The highest BCUT2D eigenvalue weighted by Gasteiger charge is 2.06. The molecule has 1 aromatic heterocycles. The molecule has 0 unspecified atom stereocenters. The summed E-state index contributed by atoms with van der Waals surface area (Å²) >= 11 is 7.25. The molecule has 1 amide bonds. The first-order valence-electron chi connectivity index (χ1n) is 6.63. The summed E-state index contributed by atoms with van der Waals surface area (Å²) in [6.07, 6.45) is 2.01. The summed E-state index contributed by atoms with van der Waals surface area (Å²) in [5.74, 6) is -0.0746. The summed E-state index contributed by atoms with van der Waals surface area (Å²) in [6.45, 7) is 0. The van der Waals surface area contributed by atoms with Crippen molar-refractivity contribution >= 4 is 34.7 Å². The average molecular weight is 330 g/mol. The van der Waals surface area contributed by atoms with Gasteiger partial charge in [-0.2, -0.15) is 0 Å². The standard InChI is InChI=1S/C16H12ClN3OS/c17-13-3-1-2-11(8-13)9-16(21)19-14-6-4-12(5-7-14)15-10-18-20-22-15/h1-8,10H,9H2,(H,19,21). The zero-order chi connectivity index (χ0) is 15.4. The van der Waals surface area contributed by atoms with Gasteiger partial charge in [-0.15, -0.1) is 5.10 Å². The number of amides is 1.